The zero-order valence-corrected chi connectivity index (χ0v) is 12.9. The molecule has 0 spiro atoms. The van der Waals surface area contributed by atoms with Gasteiger partial charge in [-0.1, -0.05) is 0 Å². The Balaban J connectivity index is 2.10. The maximum absolute atomic E-state index is 12.2. The number of methoxy groups -OCH3 is 1. The molecule has 0 saturated carbocycles. The zero-order chi connectivity index (χ0) is 13.1. The molecule has 0 unspecified atom stereocenters. The van der Waals surface area contributed by atoms with Crippen LogP contribution in [0.15, 0.2) is 4.47 Å². The first-order valence-electron chi connectivity index (χ1n) is 5.98. The Morgan fingerprint density at radius 3 is 2.78 bits per heavy atom. The van der Waals surface area contributed by atoms with Gasteiger partial charge in [0.2, 0.25) is 0 Å². The van der Waals surface area contributed by atoms with Gasteiger partial charge in [-0.2, -0.15) is 0 Å². The van der Waals surface area contributed by atoms with E-state index in [4.69, 9.17) is 4.74 Å². The number of carbonyl (C=O) groups is 1. The number of ether oxygens (including phenoxy) is 1. The van der Waals surface area contributed by atoms with Gasteiger partial charge in [0.15, 0.2) is 5.75 Å². The molecule has 100 valence electrons. The van der Waals surface area contributed by atoms with E-state index in [1.165, 1.54) is 11.3 Å². The second-order valence-electron chi connectivity index (χ2n) is 4.33. The molecule has 1 amide bonds. The van der Waals surface area contributed by atoms with Crippen molar-refractivity contribution in [2.75, 3.05) is 20.2 Å². The summed E-state index contributed by atoms with van der Waals surface area (Å²) in [5, 5.41) is 6.36. The molecule has 0 radical (unpaired) electrons. The summed E-state index contributed by atoms with van der Waals surface area (Å²) >= 11 is 4.91. The summed E-state index contributed by atoms with van der Waals surface area (Å²) in [5.41, 5.74) is 0. The van der Waals surface area contributed by atoms with E-state index in [-0.39, 0.29) is 11.9 Å². The topological polar surface area (TPSA) is 50.4 Å². The summed E-state index contributed by atoms with van der Waals surface area (Å²) in [5.74, 6) is 0.612. The number of carbonyl (C=O) groups excluding carboxylic acids is 1. The fourth-order valence-corrected chi connectivity index (χ4v) is 3.71. The molecule has 0 atom stereocenters. The molecule has 2 rings (SSSR count). The Morgan fingerprint density at radius 1 is 1.50 bits per heavy atom. The van der Waals surface area contributed by atoms with E-state index < -0.39 is 0 Å². The first kappa shape index (κ1) is 13.8. The molecule has 18 heavy (non-hydrogen) atoms. The van der Waals surface area contributed by atoms with Gasteiger partial charge in [0.1, 0.15) is 4.88 Å². The second-order valence-corrected chi connectivity index (χ2v) is 6.35. The van der Waals surface area contributed by atoms with Crippen LogP contribution in [0.4, 0.5) is 0 Å². The Bertz CT molecular complexity index is 442. The van der Waals surface area contributed by atoms with E-state index >= 15 is 0 Å². The number of thiophene rings is 1. The standard InChI is InChI=1S/C12H17BrN2O2S/c1-7-9(13)10(17-2)11(18-7)12(16)15-8-3-5-14-6-4-8/h8,14H,3-6H2,1-2H3,(H,15,16). The average Bonchev–Trinajstić information content (AvgIpc) is 2.67. The van der Waals surface area contributed by atoms with Crippen molar-refractivity contribution in [1.29, 1.82) is 0 Å². The SMILES string of the molecule is COc1c(C(=O)NC2CCNCC2)sc(C)c1Br. The van der Waals surface area contributed by atoms with Crippen LogP contribution in [0.2, 0.25) is 0 Å². The van der Waals surface area contributed by atoms with Crippen molar-refractivity contribution in [1.82, 2.24) is 10.6 Å². The van der Waals surface area contributed by atoms with Gasteiger partial charge in [-0.15, -0.1) is 11.3 Å². The summed E-state index contributed by atoms with van der Waals surface area (Å²) in [6.45, 7) is 3.91. The van der Waals surface area contributed by atoms with Gasteiger partial charge < -0.3 is 15.4 Å². The first-order chi connectivity index (χ1) is 8.63. The summed E-state index contributed by atoms with van der Waals surface area (Å²) in [6.07, 6.45) is 1.97. The number of aryl methyl sites for hydroxylation is 1. The number of hydrogen-bond donors (Lipinski definition) is 2. The molecule has 6 heteroatoms. The van der Waals surface area contributed by atoms with Crippen molar-refractivity contribution in [3.63, 3.8) is 0 Å². The third kappa shape index (κ3) is 2.87. The van der Waals surface area contributed by atoms with E-state index in [2.05, 4.69) is 26.6 Å². The van der Waals surface area contributed by atoms with E-state index in [1.807, 2.05) is 6.92 Å². The Labute approximate surface area is 119 Å². The van der Waals surface area contributed by atoms with E-state index in [0.717, 1.165) is 35.3 Å². The molecule has 1 aliphatic heterocycles. The number of halogens is 1. The van der Waals surface area contributed by atoms with Crippen molar-refractivity contribution in [2.24, 2.45) is 0 Å². The van der Waals surface area contributed by atoms with Gasteiger partial charge in [-0.05, 0) is 48.8 Å². The smallest absolute Gasteiger partial charge is 0.265 e. The van der Waals surface area contributed by atoms with Crippen LogP contribution in [-0.4, -0.2) is 32.1 Å². The maximum atomic E-state index is 12.2. The minimum atomic E-state index is -0.0300. The van der Waals surface area contributed by atoms with E-state index in [1.54, 1.807) is 7.11 Å². The molecule has 2 heterocycles. The highest BCUT2D eigenvalue weighted by atomic mass is 79.9. The highest BCUT2D eigenvalue weighted by molar-refractivity contribution is 9.10. The molecule has 1 saturated heterocycles. The predicted molar refractivity (Wildman–Crippen MR) is 76.7 cm³/mol. The minimum Gasteiger partial charge on any atom is -0.494 e. The van der Waals surface area contributed by atoms with Gasteiger partial charge in [0.05, 0.1) is 11.6 Å². The largest absolute Gasteiger partial charge is 0.494 e. The van der Waals surface area contributed by atoms with Crippen LogP contribution in [0.1, 0.15) is 27.4 Å². The Hall–Kier alpha value is -0.590. The van der Waals surface area contributed by atoms with Gasteiger partial charge in [0, 0.05) is 10.9 Å². The molecule has 1 fully saturated rings. The monoisotopic (exact) mass is 332 g/mol. The number of amides is 1. The van der Waals surface area contributed by atoms with Crippen LogP contribution in [0.5, 0.6) is 5.75 Å². The highest BCUT2D eigenvalue weighted by Gasteiger charge is 2.23. The van der Waals surface area contributed by atoms with Gasteiger partial charge in [-0.3, -0.25) is 4.79 Å². The van der Waals surface area contributed by atoms with E-state index in [0.29, 0.717) is 10.6 Å². The summed E-state index contributed by atoms with van der Waals surface area (Å²) < 4.78 is 6.18. The molecular formula is C12H17BrN2O2S. The third-order valence-electron chi connectivity index (χ3n) is 3.05. The molecule has 0 bridgehead atoms. The molecule has 4 nitrogen and oxygen atoms in total. The molecule has 0 aliphatic carbocycles. The predicted octanol–water partition coefficient (Wildman–Crippen LogP) is 2.31. The van der Waals surface area contributed by atoms with Gasteiger partial charge in [-0.25, -0.2) is 0 Å². The second kappa shape index (κ2) is 6.04. The lowest BCUT2D eigenvalue weighted by molar-refractivity contribution is 0.0931. The molecule has 1 aromatic heterocycles. The van der Waals surface area contributed by atoms with Crippen LogP contribution in [0.3, 0.4) is 0 Å². The highest BCUT2D eigenvalue weighted by Crippen LogP contribution is 2.39. The lowest BCUT2D eigenvalue weighted by atomic mass is 10.1. The van der Waals surface area contributed by atoms with Crippen LogP contribution in [-0.2, 0) is 0 Å². The fourth-order valence-electron chi connectivity index (χ4n) is 2.05. The van der Waals surface area contributed by atoms with Crippen molar-refractivity contribution in [2.45, 2.75) is 25.8 Å². The van der Waals surface area contributed by atoms with Crippen LogP contribution in [0.25, 0.3) is 0 Å². The molecule has 1 aliphatic rings. The van der Waals surface area contributed by atoms with Crippen LogP contribution >= 0.6 is 27.3 Å². The average molecular weight is 333 g/mol. The van der Waals surface area contributed by atoms with Crippen molar-refractivity contribution in [3.05, 3.63) is 14.2 Å². The quantitative estimate of drug-likeness (QED) is 0.893. The Morgan fingerprint density at radius 2 is 2.17 bits per heavy atom. The summed E-state index contributed by atoms with van der Waals surface area (Å²) in [7, 11) is 1.59. The molecule has 2 N–H and O–H groups in total. The maximum Gasteiger partial charge on any atom is 0.265 e. The number of hydrogen-bond acceptors (Lipinski definition) is 4. The molecular weight excluding hydrogens is 316 g/mol. The lowest BCUT2D eigenvalue weighted by Gasteiger charge is -2.23. The Kier molecular flexibility index (Phi) is 4.64. The summed E-state index contributed by atoms with van der Waals surface area (Å²) in [4.78, 5) is 13.9. The first-order valence-corrected chi connectivity index (χ1v) is 7.59. The molecule has 1 aromatic rings. The normalized spacial score (nSPS) is 16.6. The number of rotatable bonds is 3. The van der Waals surface area contributed by atoms with Gasteiger partial charge >= 0.3 is 0 Å². The number of piperidine rings is 1. The van der Waals surface area contributed by atoms with Gasteiger partial charge in [0.25, 0.3) is 5.91 Å². The molecule has 0 aromatic carbocycles. The third-order valence-corrected chi connectivity index (χ3v) is 5.36. The number of nitrogens with one attached hydrogen (secondary N) is 2. The van der Waals surface area contributed by atoms with Crippen LogP contribution in [0, 0.1) is 6.92 Å². The zero-order valence-electron chi connectivity index (χ0n) is 10.5. The van der Waals surface area contributed by atoms with Crippen molar-refractivity contribution in [3.8, 4) is 5.75 Å². The van der Waals surface area contributed by atoms with Crippen molar-refractivity contribution < 1.29 is 9.53 Å². The fraction of sp³-hybridized carbons (Fsp3) is 0.583. The lowest BCUT2D eigenvalue weighted by Crippen LogP contribution is -2.42. The summed E-state index contributed by atoms with van der Waals surface area (Å²) in [6, 6.07) is 0.268. The van der Waals surface area contributed by atoms with E-state index in [9.17, 15) is 4.79 Å². The van der Waals surface area contributed by atoms with Crippen molar-refractivity contribution >= 4 is 33.2 Å². The van der Waals surface area contributed by atoms with Crippen LogP contribution < -0.4 is 15.4 Å². The minimum absolute atomic E-state index is 0.0300.